The zero-order chi connectivity index (χ0) is 9.56. The normalized spacial score (nSPS) is 13.4. The lowest BCUT2D eigenvalue weighted by Gasteiger charge is -2.10. The highest BCUT2D eigenvalue weighted by Crippen LogP contribution is 2.12. The maximum absolute atomic E-state index is 9.45. The van der Waals surface area contributed by atoms with Gasteiger partial charge in [0.1, 0.15) is 0 Å². The third kappa shape index (κ3) is 8.15. The van der Waals surface area contributed by atoms with Gasteiger partial charge in [-0.25, -0.2) is 0 Å². The molecule has 0 rings (SSSR count). The first-order chi connectivity index (χ1) is 5.52. The topological polar surface area (TPSA) is 20.2 Å². The number of hydrogen-bond donors (Lipinski definition) is 1. The van der Waals surface area contributed by atoms with E-state index in [1.807, 2.05) is 18.7 Å². The van der Waals surface area contributed by atoms with Crippen molar-refractivity contribution in [2.75, 3.05) is 11.5 Å². The molecule has 0 aromatic rings. The van der Waals surface area contributed by atoms with Gasteiger partial charge in [-0.1, -0.05) is 19.4 Å². The van der Waals surface area contributed by atoms with Crippen molar-refractivity contribution in [1.82, 2.24) is 0 Å². The molecule has 0 aromatic heterocycles. The molecule has 0 aromatic carbocycles. The molecule has 0 aliphatic rings. The lowest BCUT2D eigenvalue weighted by atomic mass is 10.2. The van der Waals surface area contributed by atoms with Crippen LogP contribution in [0.5, 0.6) is 0 Å². The summed E-state index contributed by atoms with van der Waals surface area (Å²) in [6.45, 7) is 10.1. The molecule has 0 bridgehead atoms. The lowest BCUT2D eigenvalue weighted by Crippen LogP contribution is -2.11. The zero-order valence-corrected chi connectivity index (χ0v) is 9.16. The smallest absolute Gasteiger partial charge is 0.0667 e. The third-order valence-electron chi connectivity index (χ3n) is 1.35. The van der Waals surface area contributed by atoms with Crippen molar-refractivity contribution >= 4 is 11.8 Å². The van der Waals surface area contributed by atoms with Gasteiger partial charge in [-0.05, 0) is 25.0 Å². The summed E-state index contributed by atoms with van der Waals surface area (Å²) in [5.74, 6) is 2.69. The molecule has 72 valence electrons. The molecule has 0 spiro atoms. The van der Waals surface area contributed by atoms with E-state index < -0.39 is 0 Å². The molecule has 1 nitrogen and oxygen atoms in total. The first kappa shape index (κ1) is 12.0. The number of hydrogen-bond acceptors (Lipinski definition) is 2. The van der Waals surface area contributed by atoms with Gasteiger partial charge in [0.15, 0.2) is 0 Å². The predicted molar refractivity (Wildman–Crippen MR) is 57.6 cm³/mol. The van der Waals surface area contributed by atoms with E-state index in [-0.39, 0.29) is 6.10 Å². The van der Waals surface area contributed by atoms with Gasteiger partial charge in [0.2, 0.25) is 0 Å². The Hall–Kier alpha value is 0.0500. The molecule has 0 aliphatic heterocycles. The second-order valence-corrected chi connectivity index (χ2v) is 4.82. The Balaban J connectivity index is 3.31. The SMILES string of the molecule is C=C(C)CC(O)CSCC(C)C. The van der Waals surface area contributed by atoms with E-state index in [2.05, 4.69) is 20.4 Å². The van der Waals surface area contributed by atoms with Crippen LogP contribution in [0.15, 0.2) is 12.2 Å². The van der Waals surface area contributed by atoms with Crippen molar-refractivity contribution in [3.8, 4) is 0 Å². The third-order valence-corrected chi connectivity index (χ3v) is 2.87. The molecule has 0 amide bonds. The summed E-state index contributed by atoms with van der Waals surface area (Å²) in [5, 5.41) is 9.45. The Morgan fingerprint density at radius 3 is 2.42 bits per heavy atom. The summed E-state index contributed by atoms with van der Waals surface area (Å²) < 4.78 is 0. The van der Waals surface area contributed by atoms with Gasteiger partial charge in [-0.2, -0.15) is 11.8 Å². The van der Waals surface area contributed by atoms with Crippen molar-refractivity contribution in [3.63, 3.8) is 0 Å². The second kappa shape index (κ2) is 6.55. The Labute approximate surface area is 80.3 Å². The summed E-state index contributed by atoms with van der Waals surface area (Å²) >= 11 is 1.82. The Morgan fingerprint density at radius 1 is 1.42 bits per heavy atom. The second-order valence-electron chi connectivity index (χ2n) is 3.75. The van der Waals surface area contributed by atoms with Gasteiger partial charge in [0.25, 0.3) is 0 Å². The maximum atomic E-state index is 9.45. The van der Waals surface area contributed by atoms with Gasteiger partial charge < -0.3 is 5.11 Å². The molecule has 0 saturated heterocycles. The molecule has 0 heterocycles. The minimum atomic E-state index is -0.203. The van der Waals surface area contributed by atoms with E-state index in [1.54, 1.807) is 0 Å². The van der Waals surface area contributed by atoms with Crippen LogP contribution in [0.4, 0.5) is 0 Å². The van der Waals surface area contributed by atoms with Crippen LogP contribution >= 0.6 is 11.8 Å². The van der Waals surface area contributed by atoms with Crippen LogP contribution in [-0.2, 0) is 0 Å². The number of aliphatic hydroxyl groups excluding tert-OH is 1. The van der Waals surface area contributed by atoms with E-state index in [4.69, 9.17) is 0 Å². The van der Waals surface area contributed by atoms with E-state index in [0.717, 1.165) is 23.5 Å². The van der Waals surface area contributed by atoms with Crippen molar-refractivity contribution in [2.45, 2.75) is 33.3 Å². The number of rotatable bonds is 6. The molecule has 0 radical (unpaired) electrons. The first-order valence-electron chi connectivity index (χ1n) is 4.42. The predicted octanol–water partition coefficient (Wildman–Crippen LogP) is 2.70. The summed E-state index contributed by atoms with van der Waals surface area (Å²) in [6.07, 6.45) is 0.539. The number of aliphatic hydroxyl groups is 1. The molecular weight excluding hydrogens is 168 g/mol. The van der Waals surface area contributed by atoms with Crippen molar-refractivity contribution < 1.29 is 5.11 Å². The molecule has 12 heavy (non-hydrogen) atoms. The van der Waals surface area contributed by atoms with Gasteiger partial charge in [0, 0.05) is 5.75 Å². The molecule has 0 fully saturated rings. The summed E-state index contributed by atoms with van der Waals surface area (Å²) in [5.41, 5.74) is 1.06. The zero-order valence-electron chi connectivity index (χ0n) is 8.34. The maximum Gasteiger partial charge on any atom is 0.0667 e. The minimum Gasteiger partial charge on any atom is -0.392 e. The van der Waals surface area contributed by atoms with Crippen LogP contribution in [-0.4, -0.2) is 22.7 Å². The Morgan fingerprint density at radius 2 is 2.00 bits per heavy atom. The highest BCUT2D eigenvalue weighted by molar-refractivity contribution is 7.99. The quantitative estimate of drug-likeness (QED) is 0.647. The monoisotopic (exact) mass is 188 g/mol. The van der Waals surface area contributed by atoms with Crippen LogP contribution in [0.1, 0.15) is 27.2 Å². The van der Waals surface area contributed by atoms with Crippen LogP contribution in [0.2, 0.25) is 0 Å². The van der Waals surface area contributed by atoms with Gasteiger partial charge in [-0.15, -0.1) is 6.58 Å². The molecule has 1 unspecified atom stereocenters. The van der Waals surface area contributed by atoms with Gasteiger partial charge in [-0.3, -0.25) is 0 Å². The molecule has 1 N–H and O–H groups in total. The van der Waals surface area contributed by atoms with E-state index in [9.17, 15) is 5.11 Å². The molecule has 2 heteroatoms. The Kier molecular flexibility index (Phi) is 6.58. The van der Waals surface area contributed by atoms with Gasteiger partial charge >= 0.3 is 0 Å². The van der Waals surface area contributed by atoms with Crippen LogP contribution < -0.4 is 0 Å². The summed E-state index contributed by atoms with van der Waals surface area (Å²) in [4.78, 5) is 0. The minimum absolute atomic E-state index is 0.203. The van der Waals surface area contributed by atoms with E-state index in [1.165, 1.54) is 0 Å². The molecule has 0 aliphatic carbocycles. The number of thioether (sulfide) groups is 1. The fourth-order valence-corrected chi connectivity index (χ4v) is 1.90. The molecular formula is C10H20OS. The van der Waals surface area contributed by atoms with Gasteiger partial charge in [0.05, 0.1) is 6.10 Å². The molecule has 1 atom stereocenters. The standard InChI is InChI=1S/C10H20OS/c1-8(2)5-10(11)7-12-6-9(3)4/h9-11H,1,5-7H2,2-4H3. The first-order valence-corrected chi connectivity index (χ1v) is 5.58. The Bertz CT molecular complexity index is 132. The molecule has 0 saturated carbocycles. The highest BCUT2D eigenvalue weighted by atomic mass is 32.2. The fourth-order valence-electron chi connectivity index (χ4n) is 0.901. The average molecular weight is 188 g/mol. The average Bonchev–Trinajstić information content (AvgIpc) is 1.84. The van der Waals surface area contributed by atoms with Crippen molar-refractivity contribution in [1.29, 1.82) is 0 Å². The van der Waals surface area contributed by atoms with E-state index in [0.29, 0.717) is 5.92 Å². The van der Waals surface area contributed by atoms with Crippen molar-refractivity contribution in [2.24, 2.45) is 5.92 Å². The fraction of sp³-hybridized carbons (Fsp3) is 0.800. The highest BCUT2D eigenvalue weighted by Gasteiger charge is 2.04. The summed E-state index contributed by atoms with van der Waals surface area (Å²) in [6, 6.07) is 0. The van der Waals surface area contributed by atoms with Crippen molar-refractivity contribution in [3.05, 3.63) is 12.2 Å². The largest absolute Gasteiger partial charge is 0.392 e. The lowest BCUT2D eigenvalue weighted by molar-refractivity contribution is 0.200. The van der Waals surface area contributed by atoms with E-state index >= 15 is 0 Å². The van der Waals surface area contributed by atoms with Crippen LogP contribution in [0.3, 0.4) is 0 Å². The summed E-state index contributed by atoms with van der Waals surface area (Å²) in [7, 11) is 0. The van der Waals surface area contributed by atoms with Crippen LogP contribution in [0.25, 0.3) is 0 Å². The van der Waals surface area contributed by atoms with Crippen LogP contribution in [0, 0.1) is 5.92 Å².